The van der Waals surface area contributed by atoms with E-state index in [4.69, 9.17) is 11.6 Å². The Morgan fingerprint density at radius 1 is 1.47 bits per heavy atom. The molecule has 0 saturated carbocycles. The first-order chi connectivity index (χ1) is 8.06. The highest BCUT2D eigenvalue weighted by Gasteiger charge is 2.10. The van der Waals surface area contributed by atoms with Crippen molar-refractivity contribution >= 4 is 34.5 Å². The SMILES string of the molecule is Cc1nc(C(=O)Nc2cnc(Cl)c(C)c2)cs1. The number of amides is 1. The van der Waals surface area contributed by atoms with Crippen LogP contribution < -0.4 is 5.32 Å². The summed E-state index contributed by atoms with van der Waals surface area (Å²) in [7, 11) is 0. The molecule has 0 aliphatic heterocycles. The third-order valence-electron chi connectivity index (χ3n) is 2.12. The number of aryl methyl sites for hydroxylation is 2. The van der Waals surface area contributed by atoms with E-state index in [2.05, 4.69) is 15.3 Å². The van der Waals surface area contributed by atoms with Crippen molar-refractivity contribution < 1.29 is 4.79 Å². The molecule has 4 nitrogen and oxygen atoms in total. The summed E-state index contributed by atoms with van der Waals surface area (Å²) in [5.41, 5.74) is 1.85. The molecule has 1 amide bonds. The van der Waals surface area contributed by atoms with Crippen molar-refractivity contribution in [2.75, 3.05) is 5.32 Å². The van der Waals surface area contributed by atoms with Crippen LogP contribution in [0.25, 0.3) is 0 Å². The van der Waals surface area contributed by atoms with Crippen LogP contribution in [0.1, 0.15) is 21.1 Å². The lowest BCUT2D eigenvalue weighted by molar-refractivity contribution is 0.102. The zero-order valence-corrected chi connectivity index (χ0v) is 10.9. The van der Waals surface area contributed by atoms with Gasteiger partial charge in [-0.25, -0.2) is 9.97 Å². The zero-order valence-electron chi connectivity index (χ0n) is 9.32. The Balaban J connectivity index is 2.15. The predicted molar refractivity (Wildman–Crippen MR) is 68.8 cm³/mol. The van der Waals surface area contributed by atoms with Gasteiger partial charge in [0.2, 0.25) is 0 Å². The highest BCUT2D eigenvalue weighted by Crippen LogP contribution is 2.17. The van der Waals surface area contributed by atoms with Gasteiger partial charge in [0.25, 0.3) is 5.91 Å². The molecule has 0 unspecified atom stereocenters. The van der Waals surface area contributed by atoms with Crippen molar-refractivity contribution in [3.8, 4) is 0 Å². The fourth-order valence-electron chi connectivity index (χ4n) is 1.29. The molecule has 0 atom stereocenters. The van der Waals surface area contributed by atoms with E-state index < -0.39 is 0 Å². The molecular weight excluding hydrogens is 258 g/mol. The minimum atomic E-state index is -0.238. The first kappa shape index (κ1) is 12.0. The second-order valence-electron chi connectivity index (χ2n) is 3.54. The van der Waals surface area contributed by atoms with Crippen molar-refractivity contribution in [3.63, 3.8) is 0 Å². The number of carbonyl (C=O) groups excluding carboxylic acids is 1. The molecule has 1 N–H and O–H groups in total. The molecule has 88 valence electrons. The van der Waals surface area contributed by atoms with Gasteiger partial charge in [-0.1, -0.05) is 11.6 Å². The quantitative estimate of drug-likeness (QED) is 0.851. The van der Waals surface area contributed by atoms with Gasteiger partial charge in [-0.2, -0.15) is 0 Å². The number of nitrogens with one attached hydrogen (secondary N) is 1. The predicted octanol–water partition coefficient (Wildman–Crippen LogP) is 3.06. The molecule has 2 aromatic heterocycles. The average molecular weight is 268 g/mol. The Hall–Kier alpha value is -1.46. The van der Waals surface area contributed by atoms with Gasteiger partial charge in [-0.15, -0.1) is 11.3 Å². The summed E-state index contributed by atoms with van der Waals surface area (Å²) in [6, 6.07) is 1.77. The van der Waals surface area contributed by atoms with Crippen LogP contribution in [-0.2, 0) is 0 Å². The van der Waals surface area contributed by atoms with E-state index in [1.165, 1.54) is 17.5 Å². The fraction of sp³-hybridized carbons (Fsp3) is 0.182. The van der Waals surface area contributed by atoms with Crippen LogP contribution >= 0.6 is 22.9 Å². The second kappa shape index (κ2) is 4.81. The van der Waals surface area contributed by atoms with Crippen molar-refractivity contribution in [2.24, 2.45) is 0 Å². The van der Waals surface area contributed by atoms with Crippen molar-refractivity contribution in [2.45, 2.75) is 13.8 Å². The molecule has 0 saturated heterocycles. The van der Waals surface area contributed by atoms with Crippen LogP contribution in [0.2, 0.25) is 5.15 Å². The third kappa shape index (κ3) is 2.81. The maximum absolute atomic E-state index is 11.8. The molecule has 0 spiro atoms. The van der Waals surface area contributed by atoms with Gasteiger partial charge in [0, 0.05) is 5.38 Å². The molecule has 2 heterocycles. The summed E-state index contributed by atoms with van der Waals surface area (Å²) in [6.07, 6.45) is 1.52. The smallest absolute Gasteiger partial charge is 0.275 e. The minimum absolute atomic E-state index is 0.238. The van der Waals surface area contributed by atoms with Crippen LogP contribution in [0.15, 0.2) is 17.6 Å². The summed E-state index contributed by atoms with van der Waals surface area (Å²) in [5.74, 6) is -0.238. The monoisotopic (exact) mass is 267 g/mol. The van der Waals surface area contributed by atoms with Crippen LogP contribution in [0, 0.1) is 13.8 Å². The molecule has 0 aliphatic rings. The molecule has 0 radical (unpaired) electrons. The van der Waals surface area contributed by atoms with Gasteiger partial charge in [0.05, 0.1) is 16.9 Å². The van der Waals surface area contributed by atoms with Gasteiger partial charge >= 0.3 is 0 Å². The Labute approximate surface area is 108 Å². The lowest BCUT2D eigenvalue weighted by Gasteiger charge is -2.04. The van der Waals surface area contributed by atoms with E-state index in [0.29, 0.717) is 16.5 Å². The molecule has 6 heteroatoms. The van der Waals surface area contributed by atoms with E-state index in [0.717, 1.165) is 10.6 Å². The summed E-state index contributed by atoms with van der Waals surface area (Å²) in [4.78, 5) is 19.9. The number of hydrogen-bond acceptors (Lipinski definition) is 4. The number of halogens is 1. The Morgan fingerprint density at radius 3 is 2.82 bits per heavy atom. The first-order valence-corrected chi connectivity index (χ1v) is 6.17. The number of pyridine rings is 1. The number of carbonyl (C=O) groups is 1. The Kier molecular flexibility index (Phi) is 3.40. The lowest BCUT2D eigenvalue weighted by Crippen LogP contribution is -2.12. The number of aromatic nitrogens is 2. The zero-order chi connectivity index (χ0) is 12.4. The van der Waals surface area contributed by atoms with E-state index in [1.54, 1.807) is 11.4 Å². The standard InChI is InChI=1S/C11H10ClN3OS/c1-6-3-8(4-13-10(6)12)15-11(16)9-5-17-7(2)14-9/h3-5H,1-2H3,(H,15,16). The number of anilines is 1. The highest BCUT2D eigenvalue weighted by atomic mass is 35.5. The molecular formula is C11H10ClN3OS. The van der Waals surface area contributed by atoms with Gasteiger partial charge in [0.1, 0.15) is 10.8 Å². The van der Waals surface area contributed by atoms with Crippen molar-refractivity contribution in [3.05, 3.63) is 39.1 Å². The van der Waals surface area contributed by atoms with Gasteiger partial charge in [-0.05, 0) is 25.5 Å². The fourth-order valence-corrected chi connectivity index (χ4v) is 1.99. The molecule has 0 fully saturated rings. The molecule has 2 aromatic rings. The van der Waals surface area contributed by atoms with Gasteiger partial charge in [-0.3, -0.25) is 4.79 Å². The topological polar surface area (TPSA) is 54.9 Å². The lowest BCUT2D eigenvalue weighted by atomic mass is 10.3. The maximum Gasteiger partial charge on any atom is 0.275 e. The Morgan fingerprint density at radius 2 is 2.24 bits per heavy atom. The summed E-state index contributed by atoms with van der Waals surface area (Å²) in [5, 5.41) is 5.75. The largest absolute Gasteiger partial charge is 0.319 e. The molecule has 0 bridgehead atoms. The minimum Gasteiger partial charge on any atom is -0.319 e. The number of rotatable bonds is 2. The van der Waals surface area contributed by atoms with Gasteiger partial charge < -0.3 is 5.32 Å². The van der Waals surface area contributed by atoms with Crippen LogP contribution in [0.4, 0.5) is 5.69 Å². The van der Waals surface area contributed by atoms with Crippen molar-refractivity contribution in [1.82, 2.24) is 9.97 Å². The number of hydrogen-bond donors (Lipinski definition) is 1. The molecule has 2 rings (SSSR count). The number of nitrogens with zero attached hydrogens (tertiary/aromatic N) is 2. The van der Waals surface area contributed by atoms with Crippen LogP contribution in [-0.4, -0.2) is 15.9 Å². The van der Waals surface area contributed by atoms with Crippen LogP contribution in [0.5, 0.6) is 0 Å². The average Bonchev–Trinajstić information content (AvgIpc) is 2.70. The van der Waals surface area contributed by atoms with Gasteiger partial charge in [0.15, 0.2) is 0 Å². The summed E-state index contributed by atoms with van der Waals surface area (Å²) >= 11 is 7.24. The van der Waals surface area contributed by atoms with Crippen molar-refractivity contribution in [1.29, 1.82) is 0 Å². The summed E-state index contributed by atoms with van der Waals surface area (Å²) in [6.45, 7) is 3.69. The Bertz CT molecular complexity index is 568. The summed E-state index contributed by atoms with van der Waals surface area (Å²) < 4.78 is 0. The highest BCUT2D eigenvalue weighted by molar-refractivity contribution is 7.09. The third-order valence-corrected chi connectivity index (χ3v) is 3.29. The first-order valence-electron chi connectivity index (χ1n) is 4.92. The second-order valence-corrected chi connectivity index (χ2v) is 4.96. The van der Waals surface area contributed by atoms with E-state index in [-0.39, 0.29) is 5.91 Å². The van der Waals surface area contributed by atoms with E-state index in [9.17, 15) is 4.79 Å². The molecule has 17 heavy (non-hydrogen) atoms. The van der Waals surface area contributed by atoms with E-state index in [1.807, 2.05) is 13.8 Å². The number of thiazole rings is 1. The van der Waals surface area contributed by atoms with E-state index >= 15 is 0 Å². The normalized spacial score (nSPS) is 10.3. The molecule has 0 aromatic carbocycles. The maximum atomic E-state index is 11.8. The van der Waals surface area contributed by atoms with Crippen LogP contribution in [0.3, 0.4) is 0 Å². The molecule has 0 aliphatic carbocycles.